The van der Waals surface area contributed by atoms with Gasteiger partial charge in [0, 0.05) is 25.2 Å². The molecule has 1 aliphatic heterocycles. The number of nitrogens with one attached hydrogen (secondary N) is 1. The minimum Gasteiger partial charge on any atom is -0.481 e. The Balaban J connectivity index is 1.68. The quantitative estimate of drug-likeness (QED) is 0.922. The largest absolute Gasteiger partial charge is 0.481 e. The highest BCUT2D eigenvalue weighted by Crippen LogP contribution is 2.34. The lowest BCUT2D eigenvalue weighted by atomic mass is 9.97. The molecule has 2 aromatic rings. The van der Waals surface area contributed by atoms with Gasteiger partial charge in [0.05, 0.1) is 19.6 Å². The Bertz CT molecular complexity index is 687. The molecular formula is C13H15F3N6O. The third kappa shape index (κ3) is 3.35. The average molecular weight is 328 g/mol. The van der Waals surface area contributed by atoms with Gasteiger partial charge in [0.2, 0.25) is 11.8 Å². The van der Waals surface area contributed by atoms with Crippen LogP contribution in [0.4, 0.5) is 19.1 Å². The van der Waals surface area contributed by atoms with Crippen LogP contribution in [0.25, 0.3) is 0 Å². The highest BCUT2D eigenvalue weighted by molar-refractivity contribution is 5.27. The molecule has 0 amide bonds. The molecule has 124 valence electrons. The second-order valence-corrected chi connectivity index (χ2v) is 5.19. The molecule has 10 heteroatoms. The number of nitrogens with zero attached hydrogens (tertiary/aromatic N) is 5. The third-order valence-electron chi connectivity index (χ3n) is 3.74. The van der Waals surface area contributed by atoms with E-state index in [4.69, 9.17) is 4.74 Å². The molecule has 0 unspecified atom stereocenters. The van der Waals surface area contributed by atoms with E-state index in [9.17, 15) is 13.2 Å². The van der Waals surface area contributed by atoms with Crippen molar-refractivity contribution in [3.63, 3.8) is 0 Å². The van der Waals surface area contributed by atoms with E-state index in [2.05, 4.69) is 25.5 Å². The maximum atomic E-state index is 12.8. The van der Waals surface area contributed by atoms with Crippen molar-refractivity contribution in [1.82, 2.24) is 24.7 Å². The van der Waals surface area contributed by atoms with Crippen LogP contribution < -0.4 is 10.1 Å². The predicted octanol–water partition coefficient (Wildman–Crippen LogP) is 1.81. The van der Waals surface area contributed by atoms with Crippen LogP contribution in [0.1, 0.15) is 18.1 Å². The van der Waals surface area contributed by atoms with Crippen LogP contribution in [0.2, 0.25) is 0 Å². The molecule has 0 radical (unpaired) electrons. The number of fused-ring (bicyclic) bond motifs is 1. The van der Waals surface area contributed by atoms with E-state index in [1.165, 1.54) is 7.11 Å². The van der Waals surface area contributed by atoms with Gasteiger partial charge in [0.1, 0.15) is 5.82 Å². The van der Waals surface area contributed by atoms with Gasteiger partial charge in [-0.3, -0.25) is 0 Å². The number of methoxy groups -OCH3 is 1. The molecule has 0 saturated carbocycles. The van der Waals surface area contributed by atoms with Crippen LogP contribution in [0.3, 0.4) is 0 Å². The first-order valence-electron chi connectivity index (χ1n) is 7.06. The second kappa shape index (κ2) is 6.01. The number of ether oxygens (including phenoxy) is 1. The fourth-order valence-electron chi connectivity index (χ4n) is 2.50. The highest BCUT2D eigenvalue weighted by Gasteiger charge is 2.42. The lowest BCUT2D eigenvalue weighted by Crippen LogP contribution is -2.31. The van der Waals surface area contributed by atoms with E-state index < -0.39 is 12.1 Å². The Morgan fingerprint density at radius 2 is 2.22 bits per heavy atom. The number of anilines is 1. The average Bonchev–Trinajstić information content (AvgIpc) is 2.94. The van der Waals surface area contributed by atoms with Crippen molar-refractivity contribution in [2.75, 3.05) is 12.4 Å². The van der Waals surface area contributed by atoms with Crippen LogP contribution in [0, 0.1) is 5.92 Å². The fourth-order valence-corrected chi connectivity index (χ4v) is 2.50. The number of hydrogen-bond acceptors (Lipinski definition) is 6. The lowest BCUT2D eigenvalue weighted by molar-refractivity contribution is -0.179. The number of alkyl halides is 3. The first-order valence-corrected chi connectivity index (χ1v) is 7.06. The Labute approximate surface area is 129 Å². The van der Waals surface area contributed by atoms with Gasteiger partial charge in [-0.1, -0.05) is 0 Å². The maximum Gasteiger partial charge on any atom is 0.392 e. The van der Waals surface area contributed by atoms with Crippen molar-refractivity contribution in [3.05, 3.63) is 23.9 Å². The summed E-state index contributed by atoms with van der Waals surface area (Å²) in [6.07, 6.45) is -2.74. The van der Waals surface area contributed by atoms with Gasteiger partial charge in [0.15, 0.2) is 5.82 Å². The molecule has 0 spiro atoms. The Morgan fingerprint density at radius 1 is 1.39 bits per heavy atom. The molecular weight excluding hydrogens is 313 g/mol. The second-order valence-electron chi connectivity index (χ2n) is 5.19. The van der Waals surface area contributed by atoms with E-state index in [0.29, 0.717) is 23.5 Å². The van der Waals surface area contributed by atoms with Gasteiger partial charge >= 0.3 is 6.18 Å². The van der Waals surface area contributed by atoms with E-state index in [1.807, 2.05) is 0 Å². The van der Waals surface area contributed by atoms with Gasteiger partial charge in [-0.15, -0.1) is 10.2 Å². The predicted molar refractivity (Wildman–Crippen MR) is 73.8 cm³/mol. The Morgan fingerprint density at radius 3 is 2.96 bits per heavy atom. The van der Waals surface area contributed by atoms with Crippen LogP contribution in [0.5, 0.6) is 5.88 Å². The molecule has 1 N–H and O–H groups in total. The molecule has 3 heterocycles. The van der Waals surface area contributed by atoms with Gasteiger partial charge < -0.3 is 14.6 Å². The van der Waals surface area contributed by atoms with Crippen molar-refractivity contribution in [2.45, 2.75) is 32.1 Å². The van der Waals surface area contributed by atoms with Crippen LogP contribution in [-0.2, 0) is 19.5 Å². The van der Waals surface area contributed by atoms with Crippen LogP contribution in [-0.4, -0.2) is 38.0 Å². The maximum absolute atomic E-state index is 12.8. The molecule has 3 rings (SSSR count). The van der Waals surface area contributed by atoms with Gasteiger partial charge in [0.25, 0.3) is 0 Å². The van der Waals surface area contributed by atoms with Gasteiger partial charge in [-0.05, 0) is 6.42 Å². The number of hydrogen-bond donors (Lipinski definition) is 1. The SMILES string of the molecule is COc1ccnc(NCc2nnc3n2CC[C@H](C(F)(F)F)C3)n1. The smallest absolute Gasteiger partial charge is 0.392 e. The monoisotopic (exact) mass is 328 g/mol. The summed E-state index contributed by atoms with van der Waals surface area (Å²) in [7, 11) is 1.50. The minimum atomic E-state index is -4.19. The van der Waals surface area contributed by atoms with E-state index in [-0.39, 0.29) is 25.9 Å². The van der Waals surface area contributed by atoms with Crippen molar-refractivity contribution in [2.24, 2.45) is 5.92 Å². The summed E-state index contributed by atoms with van der Waals surface area (Å²) in [5.74, 6) is 0.347. The number of halogens is 3. The van der Waals surface area contributed by atoms with Crippen molar-refractivity contribution in [3.8, 4) is 5.88 Å². The van der Waals surface area contributed by atoms with Gasteiger partial charge in [-0.2, -0.15) is 18.2 Å². The van der Waals surface area contributed by atoms with Crippen molar-refractivity contribution < 1.29 is 17.9 Å². The van der Waals surface area contributed by atoms with E-state index in [0.717, 1.165) is 0 Å². The zero-order valence-electron chi connectivity index (χ0n) is 12.3. The van der Waals surface area contributed by atoms with Crippen LogP contribution in [0.15, 0.2) is 12.3 Å². The minimum absolute atomic E-state index is 0.0389. The molecule has 0 aromatic carbocycles. The summed E-state index contributed by atoms with van der Waals surface area (Å²) >= 11 is 0. The summed E-state index contributed by atoms with van der Waals surface area (Å²) < 4.78 is 45.1. The molecule has 7 nitrogen and oxygen atoms in total. The van der Waals surface area contributed by atoms with Crippen LogP contribution >= 0.6 is 0 Å². The molecule has 1 aliphatic rings. The molecule has 0 fully saturated rings. The first-order chi connectivity index (χ1) is 11.0. The molecule has 0 bridgehead atoms. The first kappa shape index (κ1) is 15.5. The molecule has 2 aromatic heterocycles. The molecule has 23 heavy (non-hydrogen) atoms. The number of aromatic nitrogens is 5. The summed E-state index contributed by atoms with van der Waals surface area (Å²) in [6, 6.07) is 1.61. The summed E-state index contributed by atoms with van der Waals surface area (Å²) in [5, 5.41) is 10.8. The zero-order chi connectivity index (χ0) is 16.4. The fraction of sp³-hybridized carbons (Fsp3) is 0.538. The molecule has 0 aliphatic carbocycles. The number of rotatable bonds is 4. The topological polar surface area (TPSA) is 77.8 Å². The standard InChI is InChI=1S/C13H15F3N6O/c1-23-11-2-4-17-12(19-11)18-7-10-21-20-9-6-8(13(14,15)16)3-5-22(9)10/h2,4,8H,3,5-7H2,1H3,(H,17,18,19)/t8-/m0/s1. The highest BCUT2D eigenvalue weighted by atomic mass is 19.4. The van der Waals surface area contributed by atoms with Crippen molar-refractivity contribution >= 4 is 5.95 Å². The lowest BCUT2D eigenvalue weighted by Gasteiger charge is -2.25. The summed E-state index contributed by atoms with van der Waals surface area (Å²) in [4.78, 5) is 8.13. The molecule has 0 saturated heterocycles. The summed E-state index contributed by atoms with van der Waals surface area (Å²) in [6.45, 7) is 0.527. The Kier molecular flexibility index (Phi) is 4.05. The van der Waals surface area contributed by atoms with E-state index in [1.54, 1.807) is 16.8 Å². The summed E-state index contributed by atoms with van der Waals surface area (Å²) in [5.41, 5.74) is 0. The zero-order valence-corrected chi connectivity index (χ0v) is 12.3. The Hall–Kier alpha value is -2.39. The normalized spacial score (nSPS) is 17.7. The van der Waals surface area contributed by atoms with E-state index >= 15 is 0 Å². The van der Waals surface area contributed by atoms with Gasteiger partial charge in [-0.25, -0.2) is 4.98 Å². The van der Waals surface area contributed by atoms with Crippen molar-refractivity contribution in [1.29, 1.82) is 0 Å². The third-order valence-corrected chi connectivity index (χ3v) is 3.74. The molecule has 1 atom stereocenters.